The molecule has 1 amide bonds. The van der Waals surface area contributed by atoms with E-state index in [1.165, 1.54) is 0 Å². The zero-order valence-electron chi connectivity index (χ0n) is 18.8. The molecule has 2 aromatic heterocycles. The molecule has 7 heteroatoms. The number of para-hydroxylation sites is 1. The Bertz CT molecular complexity index is 1310. The molecule has 0 atom stereocenters. The van der Waals surface area contributed by atoms with Crippen molar-refractivity contribution >= 4 is 17.5 Å². The molecule has 0 aliphatic carbocycles. The Kier molecular flexibility index (Phi) is 5.48. The van der Waals surface area contributed by atoms with E-state index in [1.807, 2.05) is 63.2 Å². The van der Waals surface area contributed by atoms with Gasteiger partial charge in [-0.25, -0.2) is 9.36 Å². The predicted molar refractivity (Wildman–Crippen MR) is 124 cm³/mol. The molecule has 4 rings (SSSR count). The molecule has 2 aromatic carbocycles. The van der Waals surface area contributed by atoms with Crippen molar-refractivity contribution in [3.63, 3.8) is 0 Å². The molecule has 0 radical (unpaired) electrons. The van der Waals surface area contributed by atoms with Gasteiger partial charge < -0.3 is 5.32 Å². The van der Waals surface area contributed by atoms with E-state index in [-0.39, 0.29) is 0 Å². The van der Waals surface area contributed by atoms with Crippen LogP contribution in [-0.4, -0.2) is 31.3 Å². The molecule has 2 heterocycles. The van der Waals surface area contributed by atoms with E-state index in [2.05, 4.69) is 21.6 Å². The summed E-state index contributed by atoms with van der Waals surface area (Å²) in [6.45, 7) is 9.37. The van der Waals surface area contributed by atoms with Gasteiger partial charge in [-0.1, -0.05) is 24.3 Å². The van der Waals surface area contributed by atoms with E-state index < -0.39 is 11.7 Å². The van der Waals surface area contributed by atoms with Crippen LogP contribution in [0.1, 0.15) is 38.6 Å². The summed E-state index contributed by atoms with van der Waals surface area (Å²) in [4.78, 5) is 26.1. The lowest BCUT2D eigenvalue weighted by molar-refractivity contribution is -0.112. The smallest absolute Gasteiger partial charge is 0.298 e. The zero-order chi connectivity index (χ0) is 23.0. The molecule has 4 aromatic rings. The fourth-order valence-corrected chi connectivity index (χ4v) is 3.94. The highest BCUT2D eigenvalue weighted by Crippen LogP contribution is 2.22. The molecule has 0 aliphatic heterocycles. The number of aromatic nitrogens is 4. The van der Waals surface area contributed by atoms with Crippen molar-refractivity contribution in [2.24, 2.45) is 0 Å². The molecule has 0 fully saturated rings. The Hall–Kier alpha value is -4.00. The first-order valence-corrected chi connectivity index (χ1v) is 10.4. The lowest BCUT2D eigenvalue weighted by Crippen LogP contribution is -2.25. The zero-order valence-corrected chi connectivity index (χ0v) is 18.8. The number of carbonyl (C=O) groups excluding carboxylic acids is 2. The molecule has 7 nitrogen and oxygen atoms in total. The maximum Gasteiger partial charge on any atom is 0.298 e. The van der Waals surface area contributed by atoms with E-state index in [0.717, 1.165) is 28.2 Å². The van der Waals surface area contributed by atoms with Gasteiger partial charge in [0.05, 0.1) is 34.0 Å². The molecule has 0 bridgehead atoms. The highest BCUT2D eigenvalue weighted by molar-refractivity contribution is 6.47. The summed E-state index contributed by atoms with van der Waals surface area (Å²) in [5.74, 6) is -0.918. The minimum Gasteiger partial charge on any atom is -0.304 e. The van der Waals surface area contributed by atoms with E-state index in [0.29, 0.717) is 22.8 Å². The molecule has 1 N–H and O–H groups in total. The molecular weight excluding hydrogens is 402 g/mol. The second kappa shape index (κ2) is 8.26. The molecule has 0 aliphatic rings. The lowest BCUT2D eigenvalue weighted by Gasteiger charge is -2.10. The third-order valence-corrected chi connectivity index (χ3v) is 5.25. The van der Waals surface area contributed by atoms with Crippen molar-refractivity contribution in [2.45, 2.75) is 34.6 Å². The van der Waals surface area contributed by atoms with Crippen molar-refractivity contribution in [3.8, 4) is 11.4 Å². The number of Topliss-reactive ketones (excluding diaryl/α,β-unsaturated/α-hetero) is 1. The van der Waals surface area contributed by atoms with Gasteiger partial charge in [0.2, 0.25) is 0 Å². The Morgan fingerprint density at radius 2 is 1.44 bits per heavy atom. The fourth-order valence-electron chi connectivity index (χ4n) is 3.94. The fraction of sp³-hybridized carbons (Fsp3) is 0.200. The van der Waals surface area contributed by atoms with Crippen LogP contribution in [0.15, 0.2) is 54.6 Å². The summed E-state index contributed by atoms with van der Waals surface area (Å²) >= 11 is 0. The van der Waals surface area contributed by atoms with E-state index >= 15 is 0 Å². The summed E-state index contributed by atoms with van der Waals surface area (Å²) < 4.78 is 3.33. The third kappa shape index (κ3) is 3.97. The molecule has 0 saturated carbocycles. The summed E-state index contributed by atoms with van der Waals surface area (Å²) in [5, 5.41) is 11.7. The van der Waals surface area contributed by atoms with Gasteiger partial charge in [-0.3, -0.25) is 9.59 Å². The first kappa shape index (κ1) is 21.2. The number of rotatable bonds is 5. The van der Waals surface area contributed by atoms with Crippen molar-refractivity contribution in [3.05, 3.63) is 88.4 Å². The maximum absolute atomic E-state index is 13.1. The van der Waals surface area contributed by atoms with Crippen LogP contribution in [0.5, 0.6) is 0 Å². The second-order valence-corrected chi connectivity index (χ2v) is 8.01. The molecule has 162 valence electrons. The Morgan fingerprint density at radius 1 is 0.781 bits per heavy atom. The first-order valence-electron chi connectivity index (χ1n) is 10.4. The van der Waals surface area contributed by atoms with Crippen LogP contribution in [0, 0.1) is 34.6 Å². The number of nitrogens with one attached hydrogen (secondary N) is 1. The van der Waals surface area contributed by atoms with Gasteiger partial charge in [0.25, 0.3) is 11.7 Å². The number of ketones is 1. The molecule has 0 unspecified atom stereocenters. The number of amides is 1. The van der Waals surface area contributed by atoms with Crippen molar-refractivity contribution in [2.75, 3.05) is 5.32 Å². The molecule has 0 saturated heterocycles. The SMILES string of the molecule is Cc1cc(C)cc(-n2nc(C)cc2NC(=O)C(=O)c2c(C)nn(-c3ccccc3)c2C)c1. The van der Waals surface area contributed by atoms with Gasteiger partial charge in [0, 0.05) is 6.07 Å². The summed E-state index contributed by atoms with van der Waals surface area (Å²) in [6.07, 6.45) is 0. The Labute approximate surface area is 186 Å². The quantitative estimate of drug-likeness (QED) is 0.378. The van der Waals surface area contributed by atoms with Crippen LogP contribution in [-0.2, 0) is 4.79 Å². The van der Waals surface area contributed by atoms with Gasteiger partial charge in [-0.05, 0) is 70.0 Å². The normalized spacial score (nSPS) is 10.9. The Morgan fingerprint density at radius 3 is 2.09 bits per heavy atom. The van der Waals surface area contributed by atoms with Crippen molar-refractivity contribution in [1.82, 2.24) is 19.6 Å². The maximum atomic E-state index is 13.1. The average molecular weight is 428 g/mol. The summed E-state index contributed by atoms with van der Waals surface area (Å²) in [5.41, 5.74) is 5.98. The van der Waals surface area contributed by atoms with Crippen LogP contribution in [0.3, 0.4) is 0 Å². The minimum atomic E-state index is -0.727. The standard InChI is InChI=1S/C25H25N5O2/c1-15-11-16(2)13-21(12-15)30-22(14-17(3)27-30)26-25(32)24(31)23-18(4)28-29(19(23)5)20-9-7-6-8-10-20/h6-14H,1-5H3,(H,26,32). The van der Waals surface area contributed by atoms with Crippen LogP contribution < -0.4 is 5.32 Å². The van der Waals surface area contributed by atoms with E-state index in [4.69, 9.17) is 0 Å². The highest BCUT2D eigenvalue weighted by Gasteiger charge is 2.26. The number of nitrogens with zero attached hydrogens (tertiary/aromatic N) is 4. The number of carbonyl (C=O) groups is 2. The van der Waals surface area contributed by atoms with Crippen LogP contribution in [0.2, 0.25) is 0 Å². The topological polar surface area (TPSA) is 81.8 Å². The monoisotopic (exact) mass is 427 g/mol. The minimum absolute atomic E-state index is 0.306. The van der Waals surface area contributed by atoms with Gasteiger partial charge in [0.15, 0.2) is 0 Å². The molecule has 32 heavy (non-hydrogen) atoms. The van der Waals surface area contributed by atoms with Gasteiger partial charge in [-0.15, -0.1) is 0 Å². The number of hydrogen-bond acceptors (Lipinski definition) is 4. The number of hydrogen-bond donors (Lipinski definition) is 1. The van der Waals surface area contributed by atoms with Crippen LogP contribution in [0.25, 0.3) is 11.4 Å². The highest BCUT2D eigenvalue weighted by atomic mass is 16.2. The Balaban J connectivity index is 1.65. The largest absolute Gasteiger partial charge is 0.304 e. The van der Waals surface area contributed by atoms with E-state index in [9.17, 15) is 9.59 Å². The van der Waals surface area contributed by atoms with Gasteiger partial charge in [-0.2, -0.15) is 10.2 Å². The second-order valence-electron chi connectivity index (χ2n) is 8.01. The summed E-state index contributed by atoms with van der Waals surface area (Å²) in [7, 11) is 0. The predicted octanol–water partition coefficient (Wildman–Crippen LogP) is 4.42. The van der Waals surface area contributed by atoms with Gasteiger partial charge in [0.1, 0.15) is 5.82 Å². The lowest BCUT2D eigenvalue weighted by atomic mass is 10.1. The summed E-state index contributed by atoms with van der Waals surface area (Å²) in [6, 6.07) is 17.3. The number of anilines is 1. The van der Waals surface area contributed by atoms with E-state index in [1.54, 1.807) is 29.3 Å². The average Bonchev–Trinajstić information content (AvgIpc) is 3.26. The number of benzene rings is 2. The van der Waals surface area contributed by atoms with Crippen LogP contribution >= 0.6 is 0 Å². The number of aryl methyl sites for hydroxylation is 4. The van der Waals surface area contributed by atoms with Gasteiger partial charge >= 0.3 is 0 Å². The molecular formula is C25H25N5O2. The van der Waals surface area contributed by atoms with Crippen molar-refractivity contribution < 1.29 is 9.59 Å². The first-order chi connectivity index (χ1) is 15.2. The van der Waals surface area contributed by atoms with Crippen molar-refractivity contribution in [1.29, 1.82) is 0 Å². The third-order valence-electron chi connectivity index (χ3n) is 5.25. The molecule has 0 spiro atoms. The van der Waals surface area contributed by atoms with Crippen LogP contribution in [0.4, 0.5) is 5.82 Å².